The first-order valence-corrected chi connectivity index (χ1v) is 6.82. The second-order valence-electron chi connectivity index (χ2n) is 5.05. The number of carbonyl (C=O) groups excluding carboxylic acids is 1. The van der Waals surface area contributed by atoms with Gasteiger partial charge in [-0.1, -0.05) is 24.3 Å². The summed E-state index contributed by atoms with van der Waals surface area (Å²) >= 11 is 0. The summed E-state index contributed by atoms with van der Waals surface area (Å²) in [7, 11) is 0. The van der Waals surface area contributed by atoms with E-state index in [9.17, 15) is 9.59 Å². The first-order chi connectivity index (χ1) is 10.2. The van der Waals surface area contributed by atoms with Gasteiger partial charge < -0.3 is 15.4 Å². The fourth-order valence-corrected chi connectivity index (χ4v) is 2.76. The van der Waals surface area contributed by atoms with Crippen LogP contribution in [-0.4, -0.2) is 27.0 Å². The summed E-state index contributed by atoms with van der Waals surface area (Å²) in [6.07, 6.45) is 4.06. The number of fused-ring (bicyclic) bond motifs is 1. The number of benzene rings is 1. The molecule has 1 aliphatic rings. The van der Waals surface area contributed by atoms with Crippen LogP contribution in [0.25, 0.3) is 0 Å². The van der Waals surface area contributed by atoms with E-state index in [1.807, 2.05) is 18.2 Å². The Morgan fingerprint density at radius 3 is 2.95 bits per heavy atom. The van der Waals surface area contributed by atoms with E-state index in [2.05, 4.69) is 21.4 Å². The lowest BCUT2D eigenvalue weighted by Gasteiger charge is -2.26. The second kappa shape index (κ2) is 5.40. The van der Waals surface area contributed by atoms with Crippen molar-refractivity contribution in [2.24, 2.45) is 0 Å². The van der Waals surface area contributed by atoms with Gasteiger partial charge in [0.15, 0.2) is 11.4 Å². The highest BCUT2D eigenvalue weighted by molar-refractivity contribution is 6.02. The van der Waals surface area contributed by atoms with Crippen molar-refractivity contribution in [2.75, 3.05) is 0 Å². The van der Waals surface area contributed by atoms with Gasteiger partial charge in [0.25, 0.3) is 5.91 Å². The number of H-pyrrole nitrogens is 1. The number of nitrogens with one attached hydrogen (secondary N) is 2. The minimum absolute atomic E-state index is 0.0782. The van der Waals surface area contributed by atoms with Gasteiger partial charge in [-0.2, -0.15) is 0 Å². The van der Waals surface area contributed by atoms with Gasteiger partial charge in [0.1, 0.15) is 0 Å². The molecule has 1 atom stereocenters. The number of amides is 1. The largest absolute Gasteiger partial charge is 0.477 e. The monoisotopic (exact) mass is 285 g/mol. The zero-order valence-corrected chi connectivity index (χ0v) is 11.3. The third kappa shape index (κ3) is 2.52. The van der Waals surface area contributed by atoms with Crippen LogP contribution in [0.5, 0.6) is 0 Å². The molecule has 1 aliphatic carbocycles. The summed E-state index contributed by atoms with van der Waals surface area (Å²) in [5.74, 6) is -1.66. The Balaban J connectivity index is 1.83. The molecule has 1 amide bonds. The number of aryl methyl sites for hydroxylation is 1. The van der Waals surface area contributed by atoms with Crippen LogP contribution in [0.3, 0.4) is 0 Å². The molecule has 2 aromatic rings. The quantitative estimate of drug-likeness (QED) is 0.802. The molecule has 3 rings (SSSR count). The summed E-state index contributed by atoms with van der Waals surface area (Å²) in [4.78, 5) is 29.6. The molecule has 0 radical (unpaired) electrons. The van der Waals surface area contributed by atoms with Crippen molar-refractivity contribution in [1.82, 2.24) is 15.3 Å². The molecule has 6 heteroatoms. The number of aromatic amines is 1. The zero-order valence-electron chi connectivity index (χ0n) is 11.3. The average molecular weight is 285 g/mol. The molecule has 0 fully saturated rings. The maximum Gasteiger partial charge on any atom is 0.354 e. The van der Waals surface area contributed by atoms with Crippen LogP contribution < -0.4 is 5.32 Å². The molecule has 3 N–H and O–H groups in total. The molecule has 1 aromatic carbocycles. The summed E-state index contributed by atoms with van der Waals surface area (Å²) in [5, 5.41) is 11.9. The summed E-state index contributed by atoms with van der Waals surface area (Å²) < 4.78 is 0. The molecule has 0 aliphatic heterocycles. The minimum Gasteiger partial charge on any atom is -0.477 e. The number of hydrogen-bond donors (Lipinski definition) is 3. The van der Waals surface area contributed by atoms with Gasteiger partial charge in [0, 0.05) is 0 Å². The van der Waals surface area contributed by atoms with Crippen molar-refractivity contribution in [2.45, 2.75) is 25.3 Å². The van der Waals surface area contributed by atoms with E-state index in [1.165, 1.54) is 11.9 Å². The molecule has 1 heterocycles. The van der Waals surface area contributed by atoms with Gasteiger partial charge >= 0.3 is 5.97 Å². The Morgan fingerprint density at radius 2 is 2.14 bits per heavy atom. The lowest BCUT2D eigenvalue weighted by Crippen LogP contribution is -2.32. The fourth-order valence-electron chi connectivity index (χ4n) is 2.76. The van der Waals surface area contributed by atoms with E-state index in [1.54, 1.807) is 0 Å². The highest BCUT2D eigenvalue weighted by Crippen LogP contribution is 2.29. The van der Waals surface area contributed by atoms with E-state index in [-0.39, 0.29) is 17.4 Å². The van der Waals surface area contributed by atoms with Crippen LogP contribution in [0, 0.1) is 0 Å². The molecule has 1 unspecified atom stereocenters. The van der Waals surface area contributed by atoms with Gasteiger partial charge in [-0.15, -0.1) is 0 Å². The van der Waals surface area contributed by atoms with E-state index in [0.717, 1.165) is 24.8 Å². The lowest BCUT2D eigenvalue weighted by atomic mass is 9.87. The molecule has 0 spiro atoms. The average Bonchev–Trinajstić information content (AvgIpc) is 2.97. The third-order valence-electron chi connectivity index (χ3n) is 3.74. The summed E-state index contributed by atoms with van der Waals surface area (Å²) in [6.45, 7) is 0. The standard InChI is InChI=1S/C15H15N3O3/c19-14(12-13(15(20)21)17-8-16-12)18-11-7-3-5-9-4-1-2-6-10(9)11/h1-2,4,6,8,11H,3,5,7H2,(H,16,17)(H,18,19)(H,20,21). The number of carboxylic acids is 1. The molecular weight excluding hydrogens is 270 g/mol. The number of aromatic nitrogens is 2. The maximum absolute atomic E-state index is 12.3. The number of rotatable bonds is 3. The number of imidazole rings is 1. The van der Waals surface area contributed by atoms with Gasteiger partial charge in [0.2, 0.25) is 0 Å². The Kier molecular flexibility index (Phi) is 3.43. The second-order valence-corrected chi connectivity index (χ2v) is 5.05. The number of carbonyl (C=O) groups is 2. The van der Waals surface area contributed by atoms with Crippen LogP contribution in [0.1, 0.15) is 51.0 Å². The van der Waals surface area contributed by atoms with Crippen LogP contribution in [-0.2, 0) is 6.42 Å². The molecule has 6 nitrogen and oxygen atoms in total. The normalized spacial score (nSPS) is 17.0. The molecule has 21 heavy (non-hydrogen) atoms. The van der Waals surface area contributed by atoms with Crippen LogP contribution >= 0.6 is 0 Å². The molecule has 0 saturated heterocycles. The van der Waals surface area contributed by atoms with Crippen molar-refractivity contribution in [1.29, 1.82) is 0 Å². The smallest absolute Gasteiger partial charge is 0.354 e. The Labute approximate surface area is 121 Å². The Morgan fingerprint density at radius 1 is 1.33 bits per heavy atom. The lowest BCUT2D eigenvalue weighted by molar-refractivity contribution is 0.0684. The SMILES string of the molecule is O=C(NC1CCCc2ccccc21)c1nc[nH]c1C(=O)O. The Bertz CT molecular complexity index is 693. The van der Waals surface area contributed by atoms with Crippen molar-refractivity contribution in [3.05, 3.63) is 53.1 Å². The van der Waals surface area contributed by atoms with Crippen molar-refractivity contribution >= 4 is 11.9 Å². The molecule has 1 aromatic heterocycles. The number of aromatic carboxylic acids is 1. The van der Waals surface area contributed by atoms with E-state index >= 15 is 0 Å². The highest BCUT2D eigenvalue weighted by atomic mass is 16.4. The molecule has 108 valence electrons. The van der Waals surface area contributed by atoms with Crippen molar-refractivity contribution < 1.29 is 14.7 Å². The highest BCUT2D eigenvalue weighted by Gasteiger charge is 2.25. The summed E-state index contributed by atoms with van der Waals surface area (Å²) in [5.41, 5.74) is 2.07. The molecule has 0 bridgehead atoms. The van der Waals surface area contributed by atoms with E-state index in [4.69, 9.17) is 5.11 Å². The van der Waals surface area contributed by atoms with Crippen LogP contribution in [0.15, 0.2) is 30.6 Å². The zero-order chi connectivity index (χ0) is 14.8. The van der Waals surface area contributed by atoms with Gasteiger partial charge in [-0.25, -0.2) is 9.78 Å². The topological polar surface area (TPSA) is 95.1 Å². The van der Waals surface area contributed by atoms with Gasteiger partial charge in [0.05, 0.1) is 12.4 Å². The first kappa shape index (κ1) is 13.4. The summed E-state index contributed by atoms with van der Waals surface area (Å²) in [6, 6.07) is 7.90. The predicted octanol–water partition coefficient (Wildman–Crippen LogP) is 1.92. The van der Waals surface area contributed by atoms with E-state index < -0.39 is 11.9 Å². The maximum atomic E-state index is 12.3. The minimum atomic E-state index is -1.19. The van der Waals surface area contributed by atoms with Gasteiger partial charge in [-0.3, -0.25) is 4.79 Å². The number of hydrogen-bond acceptors (Lipinski definition) is 3. The third-order valence-corrected chi connectivity index (χ3v) is 3.74. The predicted molar refractivity (Wildman–Crippen MR) is 75.1 cm³/mol. The van der Waals surface area contributed by atoms with Crippen molar-refractivity contribution in [3.63, 3.8) is 0 Å². The number of nitrogens with zero attached hydrogens (tertiary/aromatic N) is 1. The Hall–Kier alpha value is -2.63. The number of carboxylic acid groups (broad SMARTS) is 1. The fraction of sp³-hybridized carbons (Fsp3) is 0.267. The van der Waals surface area contributed by atoms with Crippen molar-refractivity contribution in [3.8, 4) is 0 Å². The van der Waals surface area contributed by atoms with Crippen LogP contribution in [0.4, 0.5) is 0 Å². The molecular formula is C15H15N3O3. The first-order valence-electron chi connectivity index (χ1n) is 6.82. The molecule has 0 saturated carbocycles. The van der Waals surface area contributed by atoms with E-state index in [0.29, 0.717) is 0 Å². The van der Waals surface area contributed by atoms with Crippen LogP contribution in [0.2, 0.25) is 0 Å². The van der Waals surface area contributed by atoms with Gasteiger partial charge in [-0.05, 0) is 30.4 Å².